The van der Waals surface area contributed by atoms with Crippen molar-refractivity contribution in [3.05, 3.63) is 47.8 Å². The van der Waals surface area contributed by atoms with Gasteiger partial charge in [0, 0.05) is 52.4 Å². The van der Waals surface area contributed by atoms with Gasteiger partial charge in [-0.3, -0.25) is 4.79 Å². The van der Waals surface area contributed by atoms with Crippen molar-refractivity contribution in [1.82, 2.24) is 20.0 Å². The molecule has 4 rings (SSSR count). The highest BCUT2D eigenvalue weighted by atomic mass is 19.1. The number of anilines is 2. The number of likely N-dealkylation sites (N-methyl/N-ethyl adjacent to an activating group) is 1. The Morgan fingerprint density at radius 3 is 1.86 bits per heavy atom. The SMILES string of the molecule is CN1CCN(c2ccc(N3CCN(C(=O)Cc4ccc(F)cc4)CC3)nn2)CC1. The molecule has 154 valence electrons. The van der Waals surface area contributed by atoms with Crippen LogP contribution in [0.3, 0.4) is 0 Å². The summed E-state index contributed by atoms with van der Waals surface area (Å²) in [6, 6.07) is 10.2. The second-order valence-corrected chi connectivity index (χ2v) is 7.71. The van der Waals surface area contributed by atoms with Crippen molar-refractivity contribution in [2.75, 3.05) is 69.2 Å². The van der Waals surface area contributed by atoms with E-state index in [-0.39, 0.29) is 11.7 Å². The number of aromatic nitrogens is 2. The molecule has 29 heavy (non-hydrogen) atoms. The fraction of sp³-hybridized carbons (Fsp3) is 0.476. The first-order valence-electron chi connectivity index (χ1n) is 10.1. The van der Waals surface area contributed by atoms with Gasteiger partial charge in [-0.2, -0.15) is 0 Å². The monoisotopic (exact) mass is 398 g/mol. The summed E-state index contributed by atoms with van der Waals surface area (Å²) in [7, 11) is 2.14. The molecule has 1 aromatic carbocycles. The van der Waals surface area contributed by atoms with Crippen LogP contribution in [0.2, 0.25) is 0 Å². The summed E-state index contributed by atoms with van der Waals surface area (Å²) in [6.07, 6.45) is 0.305. The van der Waals surface area contributed by atoms with E-state index in [0.29, 0.717) is 19.5 Å². The Morgan fingerprint density at radius 2 is 1.34 bits per heavy atom. The van der Waals surface area contributed by atoms with Crippen molar-refractivity contribution >= 4 is 17.5 Å². The minimum atomic E-state index is -0.283. The molecule has 0 N–H and O–H groups in total. The van der Waals surface area contributed by atoms with E-state index in [9.17, 15) is 9.18 Å². The van der Waals surface area contributed by atoms with Gasteiger partial charge >= 0.3 is 0 Å². The van der Waals surface area contributed by atoms with Gasteiger partial charge in [0.15, 0.2) is 11.6 Å². The van der Waals surface area contributed by atoms with E-state index < -0.39 is 0 Å². The standard InChI is InChI=1S/C21H27FN6O/c1-25-8-10-26(11-9-25)19-6-7-20(24-23-19)27-12-14-28(15-13-27)21(29)16-17-2-4-18(22)5-3-17/h2-7H,8-16H2,1H3. The van der Waals surface area contributed by atoms with Crippen LogP contribution < -0.4 is 9.80 Å². The lowest BCUT2D eigenvalue weighted by Gasteiger charge is -2.36. The summed E-state index contributed by atoms with van der Waals surface area (Å²) >= 11 is 0. The van der Waals surface area contributed by atoms with Crippen LogP contribution >= 0.6 is 0 Å². The molecule has 8 heteroatoms. The third-order valence-electron chi connectivity index (χ3n) is 5.69. The van der Waals surface area contributed by atoms with Crippen LogP contribution in [0.5, 0.6) is 0 Å². The number of hydrogen-bond donors (Lipinski definition) is 0. The minimum Gasteiger partial charge on any atom is -0.353 e. The largest absolute Gasteiger partial charge is 0.353 e. The molecule has 2 aliphatic heterocycles. The molecule has 0 saturated carbocycles. The first kappa shape index (κ1) is 19.6. The fourth-order valence-corrected chi connectivity index (χ4v) is 3.76. The van der Waals surface area contributed by atoms with Crippen molar-refractivity contribution in [2.45, 2.75) is 6.42 Å². The average Bonchev–Trinajstić information content (AvgIpc) is 2.76. The number of hydrogen-bond acceptors (Lipinski definition) is 6. The number of piperazine rings is 2. The van der Waals surface area contributed by atoms with E-state index in [0.717, 1.165) is 56.5 Å². The topological polar surface area (TPSA) is 55.8 Å². The zero-order valence-corrected chi connectivity index (χ0v) is 16.8. The Balaban J connectivity index is 1.29. The van der Waals surface area contributed by atoms with Crippen LogP contribution in [0.25, 0.3) is 0 Å². The van der Waals surface area contributed by atoms with E-state index in [2.05, 4.69) is 31.9 Å². The van der Waals surface area contributed by atoms with Crippen LogP contribution in [-0.4, -0.2) is 85.3 Å². The number of carbonyl (C=O) groups is 1. The number of carbonyl (C=O) groups excluding carboxylic acids is 1. The smallest absolute Gasteiger partial charge is 0.227 e. The summed E-state index contributed by atoms with van der Waals surface area (Å²) in [4.78, 5) is 21.1. The van der Waals surface area contributed by atoms with E-state index in [1.807, 2.05) is 17.0 Å². The first-order chi connectivity index (χ1) is 14.1. The van der Waals surface area contributed by atoms with Crippen molar-refractivity contribution < 1.29 is 9.18 Å². The van der Waals surface area contributed by atoms with Crippen LogP contribution in [-0.2, 0) is 11.2 Å². The number of nitrogens with zero attached hydrogens (tertiary/aromatic N) is 6. The lowest BCUT2D eigenvalue weighted by Crippen LogP contribution is -2.49. The maximum Gasteiger partial charge on any atom is 0.227 e. The van der Waals surface area contributed by atoms with Gasteiger partial charge in [-0.05, 0) is 36.9 Å². The van der Waals surface area contributed by atoms with Gasteiger partial charge in [-0.15, -0.1) is 10.2 Å². The zero-order valence-electron chi connectivity index (χ0n) is 16.8. The van der Waals surface area contributed by atoms with Crippen molar-refractivity contribution in [3.63, 3.8) is 0 Å². The molecule has 1 amide bonds. The Kier molecular flexibility index (Phi) is 5.89. The molecule has 3 heterocycles. The van der Waals surface area contributed by atoms with Crippen LogP contribution in [0, 0.1) is 5.82 Å². The number of benzene rings is 1. The number of rotatable bonds is 4. The molecule has 2 fully saturated rings. The maximum atomic E-state index is 13.0. The Morgan fingerprint density at radius 1 is 0.828 bits per heavy atom. The molecule has 0 atom stereocenters. The molecule has 2 aromatic rings. The van der Waals surface area contributed by atoms with E-state index in [1.54, 1.807) is 12.1 Å². The minimum absolute atomic E-state index is 0.0766. The summed E-state index contributed by atoms with van der Waals surface area (Å²) < 4.78 is 13.0. The summed E-state index contributed by atoms with van der Waals surface area (Å²) in [5.74, 6) is 1.57. The highest BCUT2D eigenvalue weighted by Gasteiger charge is 2.23. The van der Waals surface area contributed by atoms with Crippen molar-refractivity contribution in [2.24, 2.45) is 0 Å². The predicted octanol–water partition coefficient (Wildman–Crippen LogP) is 1.26. The van der Waals surface area contributed by atoms with Crippen molar-refractivity contribution in [1.29, 1.82) is 0 Å². The highest BCUT2D eigenvalue weighted by molar-refractivity contribution is 5.79. The second kappa shape index (κ2) is 8.73. The van der Waals surface area contributed by atoms with Crippen LogP contribution in [0.1, 0.15) is 5.56 Å². The Bertz CT molecular complexity index is 812. The zero-order chi connectivity index (χ0) is 20.2. The lowest BCUT2D eigenvalue weighted by molar-refractivity contribution is -0.130. The molecule has 2 saturated heterocycles. The quantitative estimate of drug-likeness (QED) is 0.773. The summed E-state index contributed by atoms with van der Waals surface area (Å²) in [6.45, 7) is 6.80. The molecule has 0 radical (unpaired) electrons. The van der Waals surface area contributed by atoms with Crippen LogP contribution in [0.4, 0.5) is 16.0 Å². The highest BCUT2D eigenvalue weighted by Crippen LogP contribution is 2.18. The van der Waals surface area contributed by atoms with Crippen LogP contribution in [0.15, 0.2) is 36.4 Å². The molecule has 7 nitrogen and oxygen atoms in total. The fourth-order valence-electron chi connectivity index (χ4n) is 3.76. The third-order valence-corrected chi connectivity index (χ3v) is 5.69. The van der Waals surface area contributed by atoms with Gasteiger partial charge in [-0.25, -0.2) is 4.39 Å². The maximum absolute atomic E-state index is 13.0. The molecule has 2 aliphatic rings. The van der Waals surface area contributed by atoms with Gasteiger partial charge in [0.05, 0.1) is 6.42 Å². The van der Waals surface area contributed by atoms with Crippen molar-refractivity contribution in [3.8, 4) is 0 Å². The van der Waals surface area contributed by atoms with Gasteiger partial charge in [0.2, 0.25) is 5.91 Å². The summed E-state index contributed by atoms with van der Waals surface area (Å²) in [5, 5.41) is 8.85. The predicted molar refractivity (Wildman–Crippen MR) is 111 cm³/mol. The number of halogens is 1. The molecule has 0 bridgehead atoms. The molecule has 1 aromatic heterocycles. The second-order valence-electron chi connectivity index (χ2n) is 7.71. The normalized spacial score (nSPS) is 18.2. The van der Waals surface area contributed by atoms with Gasteiger partial charge < -0.3 is 19.6 Å². The first-order valence-corrected chi connectivity index (χ1v) is 10.1. The van der Waals surface area contributed by atoms with E-state index >= 15 is 0 Å². The Hall–Kier alpha value is -2.74. The number of amides is 1. The van der Waals surface area contributed by atoms with Gasteiger partial charge in [0.1, 0.15) is 5.82 Å². The molecular weight excluding hydrogens is 371 g/mol. The third kappa shape index (κ3) is 4.82. The van der Waals surface area contributed by atoms with E-state index in [1.165, 1.54) is 12.1 Å². The lowest BCUT2D eigenvalue weighted by atomic mass is 10.1. The molecular formula is C21H27FN6O. The average molecular weight is 398 g/mol. The van der Waals surface area contributed by atoms with Gasteiger partial charge in [-0.1, -0.05) is 12.1 Å². The Labute approximate surface area is 170 Å². The van der Waals surface area contributed by atoms with Gasteiger partial charge in [0.25, 0.3) is 0 Å². The molecule has 0 aliphatic carbocycles. The summed E-state index contributed by atoms with van der Waals surface area (Å²) in [5.41, 5.74) is 0.837. The van der Waals surface area contributed by atoms with E-state index in [4.69, 9.17) is 0 Å². The molecule has 0 spiro atoms. The molecule has 0 unspecified atom stereocenters.